The Morgan fingerprint density at radius 2 is 1.89 bits per heavy atom. The third-order valence-corrected chi connectivity index (χ3v) is 2.86. The van der Waals surface area contributed by atoms with E-state index in [1.807, 2.05) is 32.0 Å². The van der Waals surface area contributed by atoms with Crippen LogP contribution in [0.25, 0.3) is 0 Å². The van der Waals surface area contributed by atoms with Gasteiger partial charge in [-0.15, -0.1) is 12.4 Å². The van der Waals surface area contributed by atoms with Gasteiger partial charge in [0.1, 0.15) is 0 Å². The van der Waals surface area contributed by atoms with Crippen LogP contribution in [0.5, 0.6) is 0 Å². The van der Waals surface area contributed by atoms with E-state index in [1.54, 1.807) is 0 Å². The molecule has 0 radical (unpaired) electrons. The molecule has 0 saturated heterocycles. The van der Waals surface area contributed by atoms with Crippen LogP contribution in [-0.2, 0) is 0 Å². The third-order valence-electron chi connectivity index (χ3n) is 2.86. The zero-order chi connectivity index (χ0) is 12.7. The van der Waals surface area contributed by atoms with Crippen molar-refractivity contribution in [3.63, 3.8) is 0 Å². The van der Waals surface area contributed by atoms with E-state index in [1.165, 1.54) is 0 Å². The summed E-state index contributed by atoms with van der Waals surface area (Å²) < 4.78 is 0. The van der Waals surface area contributed by atoms with E-state index < -0.39 is 0 Å². The molecule has 0 unspecified atom stereocenters. The lowest BCUT2D eigenvalue weighted by atomic mass is 10.0. The summed E-state index contributed by atoms with van der Waals surface area (Å²) in [5, 5.41) is 6.18. The molecule has 102 valence electrons. The Labute approximate surface area is 116 Å². The molecule has 18 heavy (non-hydrogen) atoms. The van der Waals surface area contributed by atoms with Gasteiger partial charge in [0.2, 0.25) is 0 Å². The van der Waals surface area contributed by atoms with E-state index in [9.17, 15) is 4.79 Å². The minimum atomic E-state index is 0. The molecule has 0 aromatic heterocycles. The number of benzene rings is 1. The van der Waals surface area contributed by atoms with Crippen molar-refractivity contribution in [3.05, 3.63) is 34.9 Å². The molecule has 3 nitrogen and oxygen atoms in total. The smallest absolute Gasteiger partial charge is 0.251 e. The fraction of sp³-hybridized carbons (Fsp3) is 0.500. The van der Waals surface area contributed by atoms with E-state index in [0.29, 0.717) is 6.54 Å². The summed E-state index contributed by atoms with van der Waals surface area (Å²) in [6, 6.07) is 5.82. The third kappa shape index (κ3) is 5.07. The van der Waals surface area contributed by atoms with Crippen LogP contribution in [0.15, 0.2) is 18.2 Å². The minimum absolute atomic E-state index is 0. The number of rotatable bonds is 6. The molecule has 2 N–H and O–H groups in total. The molecule has 0 saturated carbocycles. The molecule has 1 rings (SSSR count). The first-order valence-electron chi connectivity index (χ1n) is 6.22. The Bertz CT molecular complexity index is 380. The number of hydrogen-bond acceptors (Lipinski definition) is 2. The Morgan fingerprint density at radius 3 is 2.56 bits per heavy atom. The van der Waals surface area contributed by atoms with Gasteiger partial charge in [-0.05, 0) is 44.0 Å². The van der Waals surface area contributed by atoms with Crippen LogP contribution in [0.1, 0.15) is 34.8 Å². The summed E-state index contributed by atoms with van der Waals surface area (Å²) in [4.78, 5) is 11.9. The van der Waals surface area contributed by atoms with Gasteiger partial charge in [0.15, 0.2) is 0 Å². The van der Waals surface area contributed by atoms with Crippen molar-refractivity contribution in [1.29, 1.82) is 0 Å². The number of amides is 1. The summed E-state index contributed by atoms with van der Waals surface area (Å²) in [7, 11) is 0. The maximum atomic E-state index is 11.9. The van der Waals surface area contributed by atoms with Crippen LogP contribution in [0.2, 0.25) is 0 Å². The van der Waals surface area contributed by atoms with E-state index in [-0.39, 0.29) is 18.3 Å². The monoisotopic (exact) mass is 270 g/mol. The lowest BCUT2D eigenvalue weighted by Gasteiger charge is -2.09. The molecule has 0 atom stereocenters. The fourth-order valence-corrected chi connectivity index (χ4v) is 1.66. The lowest BCUT2D eigenvalue weighted by molar-refractivity contribution is 0.0953. The molecule has 0 fully saturated rings. The van der Waals surface area contributed by atoms with Crippen LogP contribution in [0, 0.1) is 13.8 Å². The average molecular weight is 271 g/mol. The standard InChI is InChI=1S/C14H22N2O.ClH/c1-4-8-15-9-10-16-14(17)13-7-5-6-11(2)12(13)3;/h5-7,15H,4,8-10H2,1-3H3,(H,16,17);1H. The molecule has 0 aliphatic rings. The Kier molecular flexibility index (Phi) is 8.42. The van der Waals surface area contributed by atoms with Crippen LogP contribution < -0.4 is 10.6 Å². The van der Waals surface area contributed by atoms with E-state index in [2.05, 4.69) is 17.6 Å². The number of carbonyl (C=O) groups is 1. The van der Waals surface area contributed by atoms with Crippen molar-refractivity contribution >= 4 is 18.3 Å². The Morgan fingerprint density at radius 1 is 1.17 bits per heavy atom. The first-order chi connectivity index (χ1) is 8.16. The summed E-state index contributed by atoms with van der Waals surface area (Å²) in [5.41, 5.74) is 2.99. The van der Waals surface area contributed by atoms with Crippen molar-refractivity contribution in [2.24, 2.45) is 0 Å². The highest BCUT2D eigenvalue weighted by Crippen LogP contribution is 2.12. The van der Waals surface area contributed by atoms with Crippen LogP contribution in [-0.4, -0.2) is 25.5 Å². The quantitative estimate of drug-likeness (QED) is 0.780. The normalized spacial score (nSPS) is 9.72. The minimum Gasteiger partial charge on any atom is -0.351 e. The van der Waals surface area contributed by atoms with Crippen molar-refractivity contribution in [2.45, 2.75) is 27.2 Å². The molecule has 0 aliphatic carbocycles. The molecule has 0 bridgehead atoms. The predicted molar refractivity (Wildman–Crippen MR) is 78.7 cm³/mol. The van der Waals surface area contributed by atoms with Gasteiger partial charge in [0, 0.05) is 18.7 Å². The topological polar surface area (TPSA) is 41.1 Å². The van der Waals surface area contributed by atoms with Gasteiger partial charge in [0.25, 0.3) is 5.91 Å². The number of hydrogen-bond donors (Lipinski definition) is 2. The second-order valence-corrected chi connectivity index (χ2v) is 4.25. The summed E-state index contributed by atoms with van der Waals surface area (Å²) >= 11 is 0. The molecule has 1 aromatic rings. The van der Waals surface area contributed by atoms with Crippen molar-refractivity contribution in [2.75, 3.05) is 19.6 Å². The average Bonchev–Trinajstić information content (AvgIpc) is 2.32. The van der Waals surface area contributed by atoms with Gasteiger partial charge >= 0.3 is 0 Å². The highest BCUT2D eigenvalue weighted by Gasteiger charge is 2.08. The molecule has 0 aliphatic heterocycles. The molecule has 4 heteroatoms. The van der Waals surface area contributed by atoms with Gasteiger partial charge in [-0.1, -0.05) is 19.1 Å². The molecular formula is C14H23ClN2O. The number of halogens is 1. The van der Waals surface area contributed by atoms with Gasteiger partial charge in [-0.3, -0.25) is 4.79 Å². The van der Waals surface area contributed by atoms with Gasteiger partial charge in [-0.25, -0.2) is 0 Å². The first kappa shape index (κ1) is 16.9. The summed E-state index contributed by atoms with van der Waals surface area (Å²) in [6.07, 6.45) is 1.12. The summed E-state index contributed by atoms with van der Waals surface area (Å²) in [6.45, 7) is 8.63. The highest BCUT2D eigenvalue weighted by atomic mass is 35.5. The zero-order valence-corrected chi connectivity index (χ0v) is 12.2. The fourth-order valence-electron chi connectivity index (χ4n) is 1.66. The van der Waals surface area contributed by atoms with Crippen molar-refractivity contribution in [1.82, 2.24) is 10.6 Å². The number of nitrogens with one attached hydrogen (secondary N) is 2. The molecule has 0 spiro atoms. The second kappa shape index (κ2) is 8.95. The van der Waals surface area contributed by atoms with Gasteiger partial charge < -0.3 is 10.6 Å². The number of aryl methyl sites for hydroxylation is 1. The molecule has 1 amide bonds. The van der Waals surface area contributed by atoms with Gasteiger partial charge in [0.05, 0.1) is 0 Å². The zero-order valence-electron chi connectivity index (χ0n) is 11.4. The van der Waals surface area contributed by atoms with Crippen LogP contribution in [0.3, 0.4) is 0 Å². The Hall–Kier alpha value is -1.06. The SMILES string of the molecule is CCCNCCNC(=O)c1cccc(C)c1C.Cl. The maximum absolute atomic E-state index is 11.9. The summed E-state index contributed by atoms with van der Waals surface area (Å²) in [5.74, 6) is 0.0181. The van der Waals surface area contributed by atoms with Crippen molar-refractivity contribution in [3.8, 4) is 0 Å². The molecule has 0 heterocycles. The second-order valence-electron chi connectivity index (χ2n) is 4.25. The van der Waals surface area contributed by atoms with Crippen LogP contribution >= 0.6 is 12.4 Å². The lowest BCUT2D eigenvalue weighted by Crippen LogP contribution is -2.32. The highest BCUT2D eigenvalue weighted by molar-refractivity contribution is 5.95. The van der Waals surface area contributed by atoms with Crippen molar-refractivity contribution < 1.29 is 4.79 Å². The van der Waals surface area contributed by atoms with Gasteiger partial charge in [-0.2, -0.15) is 0 Å². The predicted octanol–water partition coefficient (Wildman–Crippen LogP) is 2.45. The molecule has 1 aromatic carbocycles. The van der Waals surface area contributed by atoms with E-state index in [0.717, 1.165) is 36.2 Å². The largest absolute Gasteiger partial charge is 0.351 e. The van der Waals surface area contributed by atoms with E-state index in [4.69, 9.17) is 0 Å². The van der Waals surface area contributed by atoms with E-state index >= 15 is 0 Å². The molecular weight excluding hydrogens is 248 g/mol. The Balaban J connectivity index is 0.00000289. The number of carbonyl (C=O) groups excluding carboxylic acids is 1. The maximum Gasteiger partial charge on any atom is 0.251 e. The first-order valence-corrected chi connectivity index (χ1v) is 6.22. The van der Waals surface area contributed by atoms with Crippen LogP contribution in [0.4, 0.5) is 0 Å².